The molecule has 0 bridgehead atoms. The molecule has 1 aliphatic carbocycles. The van der Waals surface area contributed by atoms with Crippen molar-refractivity contribution >= 4 is 5.97 Å². The van der Waals surface area contributed by atoms with Gasteiger partial charge in [0.2, 0.25) is 0 Å². The van der Waals surface area contributed by atoms with Gasteiger partial charge in [-0.25, -0.2) is 0 Å². The van der Waals surface area contributed by atoms with Crippen LogP contribution in [0, 0.1) is 11.8 Å². The topological polar surface area (TPSA) is 49.8 Å². The van der Waals surface area contributed by atoms with Crippen LogP contribution in [0.1, 0.15) is 44.6 Å². The monoisotopic (exact) mass is 319 g/mol. The molecule has 1 unspecified atom stereocenters. The molecular formula is C19H29NO3. The van der Waals surface area contributed by atoms with Gasteiger partial charge < -0.3 is 14.7 Å². The quantitative estimate of drug-likeness (QED) is 0.792. The van der Waals surface area contributed by atoms with Gasteiger partial charge in [-0.1, -0.05) is 38.3 Å². The summed E-state index contributed by atoms with van der Waals surface area (Å²) in [5.74, 6) is 0.520. The van der Waals surface area contributed by atoms with Crippen LogP contribution in [0.2, 0.25) is 0 Å². The lowest BCUT2D eigenvalue weighted by molar-refractivity contribution is -0.141. The molecule has 23 heavy (non-hydrogen) atoms. The Morgan fingerprint density at radius 3 is 2.78 bits per heavy atom. The summed E-state index contributed by atoms with van der Waals surface area (Å²) in [5.41, 5.74) is 1.16. The number of carboxylic acid groups (broad SMARTS) is 1. The molecule has 0 spiro atoms. The average Bonchev–Trinajstić information content (AvgIpc) is 2.54. The molecule has 2 rings (SSSR count). The zero-order valence-electron chi connectivity index (χ0n) is 14.3. The van der Waals surface area contributed by atoms with Crippen LogP contribution in [0.4, 0.5) is 0 Å². The smallest absolute Gasteiger partial charge is 0.307 e. The molecule has 0 radical (unpaired) electrons. The summed E-state index contributed by atoms with van der Waals surface area (Å²) in [6.07, 6.45) is 6.61. The second-order valence-electron chi connectivity index (χ2n) is 6.90. The van der Waals surface area contributed by atoms with Gasteiger partial charge in [-0.3, -0.25) is 4.79 Å². The predicted molar refractivity (Wildman–Crippen MR) is 91.6 cm³/mol. The average molecular weight is 319 g/mol. The van der Waals surface area contributed by atoms with Crippen LogP contribution in [0.5, 0.6) is 5.75 Å². The van der Waals surface area contributed by atoms with Crippen molar-refractivity contribution in [3.05, 3.63) is 29.8 Å². The highest BCUT2D eigenvalue weighted by molar-refractivity contribution is 5.69. The van der Waals surface area contributed by atoms with Gasteiger partial charge in [-0.2, -0.15) is 0 Å². The van der Waals surface area contributed by atoms with E-state index in [0.717, 1.165) is 24.5 Å². The fourth-order valence-corrected chi connectivity index (χ4v) is 3.22. The van der Waals surface area contributed by atoms with Crippen molar-refractivity contribution in [2.24, 2.45) is 11.8 Å². The maximum Gasteiger partial charge on any atom is 0.307 e. The van der Waals surface area contributed by atoms with Gasteiger partial charge in [0.05, 0.1) is 12.5 Å². The molecular weight excluding hydrogens is 290 g/mol. The standard InChI is InChI=1S/C19H29NO3/c1-15(19(21)22)12-20(2)13-17-9-6-10-18(11-17)23-14-16-7-4-3-5-8-16/h6,9-11,15-16H,3-5,7-8,12-14H2,1-2H3,(H,21,22). The largest absolute Gasteiger partial charge is 0.493 e. The van der Waals surface area contributed by atoms with E-state index in [1.54, 1.807) is 6.92 Å². The van der Waals surface area contributed by atoms with E-state index < -0.39 is 5.97 Å². The van der Waals surface area contributed by atoms with Gasteiger partial charge in [0.1, 0.15) is 5.75 Å². The number of carboxylic acids is 1. The fourth-order valence-electron chi connectivity index (χ4n) is 3.22. The molecule has 1 aromatic carbocycles. The summed E-state index contributed by atoms with van der Waals surface area (Å²) in [4.78, 5) is 13.0. The van der Waals surface area contributed by atoms with Crippen molar-refractivity contribution in [1.82, 2.24) is 4.90 Å². The summed E-state index contributed by atoms with van der Waals surface area (Å²) in [5, 5.41) is 8.99. The van der Waals surface area contributed by atoms with E-state index in [9.17, 15) is 4.79 Å². The highest BCUT2D eigenvalue weighted by atomic mass is 16.5. The first-order valence-corrected chi connectivity index (χ1v) is 8.67. The van der Waals surface area contributed by atoms with E-state index in [2.05, 4.69) is 12.1 Å². The van der Waals surface area contributed by atoms with Gasteiger partial charge >= 0.3 is 5.97 Å². The highest BCUT2D eigenvalue weighted by Crippen LogP contribution is 2.25. The normalized spacial score (nSPS) is 17.2. The third-order valence-corrected chi connectivity index (χ3v) is 4.57. The lowest BCUT2D eigenvalue weighted by Crippen LogP contribution is -2.28. The number of hydrogen-bond donors (Lipinski definition) is 1. The zero-order valence-corrected chi connectivity index (χ0v) is 14.3. The van der Waals surface area contributed by atoms with Crippen molar-refractivity contribution in [2.75, 3.05) is 20.2 Å². The minimum atomic E-state index is -0.749. The first-order valence-electron chi connectivity index (χ1n) is 8.67. The highest BCUT2D eigenvalue weighted by Gasteiger charge is 2.15. The van der Waals surface area contributed by atoms with E-state index in [1.807, 2.05) is 24.1 Å². The van der Waals surface area contributed by atoms with E-state index in [-0.39, 0.29) is 5.92 Å². The summed E-state index contributed by atoms with van der Waals surface area (Å²) in [6.45, 7) is 3.83. The van der Waals surface area contributed by atoms with E-state index in [0.29, 0.717) is 12.5 Å². The van der Waals surface area contributed by atoms with E-state index in [4.69, 9.17) is 9.84 Å². The summed E-state index contributed by atoms with van der Waals surface area (Å²) in [6, 6.07) is 8.16. The fraction of sp³-hybridized carbons (Fsp3) is 0.632. The second kappa shape index (κ2) is 8.92. The molecule has 0 aromatic heterocycles. The van der Waals surface area contributed by atoms with Gasteiger partial charge in [0.25, 0.3) is 0 Å². The molecule has 1 saturated carbocycles. The summed E-state index contributed by atoms with van der Waals surface area (Å²) in [7, 11) is 1.95. The van der Waals surface area contributed by atoms with Crippen molar-refractivity contribution in [3.8, 4) is 5.75 Å². The molecule has 0 amide bonds. The maximum absolute atomic E-state index is 10.9. The Kier molecular flexibility index (Phi) is 6.90. The SMILES string of the molecule is CC(CN(C)Cc1cccc(OCC2CCCCC2)c1)C(=O)O. The van der Waals surface area contributed by atoms with Crippen molar-refractivity contribution in [1.29, 1.82) is 0 Å². The molecule has 0 aliphatic heterocycles. The van der Waals surface area contributed by atoms with E-state index >= 15 is 0 Å². The van der Waals surface area contributed by atoms with Crippen LogP contribution in [0.15, 0.2) is 24.3 Å². The van der Waals surface area contributed by atoms with Crippen molar-refractivity contribution in [3.63, 3.8) is 0 Å². The molecule has 4 nitrogen and oxygen atoms in total. The number of hydrogen-bond acceptors (Lipinski definition) is 3. The van der Waals surface area contributed by atoms with Crippen LogP contribution >= 0.6 is 0 Å². The summed E-state index contributed by atoms with van der Waals surface area (Å²) >= 11 is 0. The predicted octanol–water partition coefficient (Wildman–Crippen LogP) is 3.80. The van der Waals surface area contributed by atoms with Crippen LogP contribution in [-0.2, 0) is 11.3 Å². The molecule has 4 heteroatoms. The third-order valence-electron chi connectivity index (χ3n) is 4.57. The zero-order chi connectivity index (χ0) is 16.7. The Hall–Kier alpha value is -1.55. The van der Waals surface area contributed by atoms with Crippen molar-refractivity contribution in [2.45, 2.75) is 45.6 Å². The van der Waals surface area contributed by atoms with Gasteiger partial charge in [-0.05, 0) is 43.5 Å². The second-order valence-corrected chi connectivity index (χ2v) is 6.90. The molecule has 0 heterocycles. The Bertz CT molecular complexity index is 497. The Morgan fingerprint density at radius 1 is 1.35 bits per heavy atom. The number of ether oxygens (including phenoxy) is 1. The Balaban J connectivity index is 1.82. The molecule has 1 N–H and O–H groups in total. The lowest BCUT2D eigenvalue weighted by atomic mass is 9.90. The van der Waals surface area contributed by atoms with Crippen LogP contribution in [-0.4, -0.2) is 36.2 Å². The third kappa shape index (κ3) is 6.22. The van der Waals surface area contributed by atoms with Gasteiger partial charge in [0, 0.05) is 13.1 Å². The minimum Gasteiger partial charge on any atom is -0.493 e. The minimum absolute atomic E-state index is 0.356. The molecule has 1 fully saturated rings. The first-order chi connectivity index (χ1) is 11.0. The van der Waals surface area contributed by atoms with Crippen molar-refractivity contribution < 1.29 is 14.6 Å². The number of rotatable bonds is 8. The number of nitrogens with zero attached hydrogens (tertiary/aromatic N) is 1. The number of carbonyl (C=O) groups is 1. The molecule has 0 saturated heterocycles. The van der Waals surface area contributed by atoms with Crippen LogP contribution in [0.3, 0.4) is 0 Å². The molecule has 128 valence electrons. The first kappa shape index (κ1) is 17.8. The summed E-state index contributed by atoms with van der Waals surface area (Å²) < 4.78 is 5.97. The van der Waals surface area contributed by atoms with Crippen LogP contribution in [0.25, 0.3) is 0 Å². The van der Waals surface area contributed by atoms with E-state index in [1.165, 1.54) is 32.1 Å². The Labute approximate surface area is 139 Å². The number of benzene rings is 1. The van der Waals surface area contributed by atoms with Crippen LogP contribution < -0.4 is 4.74 Å². The lowest BCUT2D eigenvalue weighted by Gasteiger charge is -2.22. The molecule has 1 aliphatic rings. The Morgan fingerprint density at radius 2 is 2.09 bits per heavy atom. The van der Waals surface area contributed by atoms with Gasteiger partial charge in [0.15, 0.2) is 0 Å². The maximum atomic E-state index is 10.9. The molecule has 1 aromatic rings. The molecule has 1 atom stereocenters. The van der Waals surface area contributed by atoms with Gasteiger partial charge in [-0.15, -0.1) is 0 Å². The number of aliphatic carboxylic acids is 1.